The maximum atomic E-state index is 11.4. The van der Waals surface area contributed by atoms with Crippen LogP contribution in [0.4, 0.5) is 4.79 Å². The summed E-state index contributed by atoms with van der Waals surface area (Å²) in [7, 11) is 3.52. The number of imide groups is 1. The number of amides is 3. The highest BCUT2D eigenvalue weighted by Crippen LogP contribution is 2.16. The molecule has 2 saturated heterocycles. The Balaban J connectivity index is 2.26. The fourth-order valence-electron chi connectivity index (χ4n) is 1.77. The molecule has 6 nitrogen and oxygen atoms in total. The van der Waals surface area contributed by atoms with Gasteiger partial charge in [-0.25, -0.2) is 4.79 Å². The summed E-state index contributed by atoms with van der Waals surface area (Å²) in [5, 5.41) is 5.39. The van der Waals surface area contributed by atoms with E-state index in [1.165, 1.54) is 4.90 Å². The van der Waals surface area contributed by atoms with Gasteiger partial charge in [0.2, 0.25) is 5.91 Å². The summed E-state index contributed by atoms with van der Waals surface area (Å²) < 4.78 is 0. The number of likely N-dealkylation sites (N-methyl/N-ethyl adjacent to an activating group) is 2. The van der Waals surface area contributed by atoms with Gasteiger partial charge in [0.15, 0.2) is 0 Å². The Kier molecular flexibility index (Phi) is 1.74. The smallest absolute Gasteiger partial charge is 0.310 e. The van der Waals surface area contributed by atoms with Crippen LogP contribution in [0.3, 0.4) is 0 Å². The van der Waals surface area contributed by atoms with Crippen molar-refractivity contribution in [3.63, 3.8) is 0 Å². The zero-order valence-corrected chi connectivity index (χ0v) is 7.57. The molecule has 0 aromatic carbocycles. The van der Waals surface area contributed by atoms with Crippen LogP contribution in [-0.4, -0.2) is 54.7 Å². The predicted molar refractivity (Wildman–Crippen MR) is 44.6 cm³/mol. The topological polar surface area (TPSA) is 64.7 Å². The second-order valence-electron chi connectivity index (χ2n) is 3.41. The Hall–Kier alpha value is -1.14. The van der Waals surface area contributed by atoms with Gasteiger partial charge in [0.05, 0.1) is 6.67 Å². The van der Waals surface area contributed by atoms with E-state index in [0.717, 1.165) is 0 Å². The highest BCUT2D eigenvalue weighted by molar-refractivity contribution is 6.00. The highest BCUT2D eigenvalue weighted by Gasteiger charge is 2.45. The van der Waals surface area contributed by atoms with Crippen molar-refractivity contribution in [3.8, 4) is 0 Å². The number of carbonyl (C=O) groups is 2. The molecule has 2 atom stereocenters. The van der Waals surface area contributed by atoms with E-state index in [-0.39, 0.29) is 24.1 Å². The van der Waals surface area contributed by atoms with Crippen LogP contribution >= 0.6 is 0 Å². The molecule has 0 aromatic heterocycles. The fraction of sp³-hybridized carbons (Fsp3) is 0.714. The number of hydrogen-bond donors (Lipinski definition) is 2. The Morgan fingerprint density at radius 3 is 2.77 bits per heavy atom. The molecule has 0 aromatic rings. The van der Waals surface area contributed by atoms with Gasteiger partial charge in [0.25, 0.3) is 0 Å². The molecule has 0 saturated carbocycles. The lowest BCUT2D eigenvalue weighted by molar-refractivity contribution is -0.127. The van der Waals surface area contributed by atoms with Gasteiger partial charge >= 0.3 is 6.03 Å². The summed E-state index contributed by atoms with van der Waals surface area (Å²) >= 11 is 0. The van der Waals surface area contributed by atoms with Crippen LogP contribution in [0.25, 0.3) is 0 Å². The Morgan fingerprint density at radius 1 is 1.38 bits per heavy atom. The lowest BCUT2D eigenvalue weighted by atomic mass is 10.1. The molecule has 6 heteroatoms. The van der Waals surface area contributed by atoms with E-state index in [0.29, 0.717) is 6.67 Å². The molecule has 2 rings (SSSR count). The third-order valence-electron chi connectivity index (χ3n) is 2.56. The SMILES string of the molecule is CN1CNC2C1C(=O)NC(=O)N2C. The van der Waals surface area contributed by atoms with Crippen molar-refractivity contribution in [2.24, 2.45) is 0 Å². The fourth-order valence-corrected chi connectivity index (χ4v) is 1.77. The zero-order valence-electron chi connectivity index (χ0n) is 7.57. The second kappa shape index (κ2) is 2.68. The lowest BCUT2D eigenvalue weighted by Gasteiger charge is -2.34. The molecule has 2 aliphatic rings. The zero-order chi connectivity index (χ0) is 9.59. The molecule has 0 spiro atoms. The van der Waals surface area contributed by atoms with Gasteiger partial charge < -0.3 is 4.90 Å². The van der Waals surface area contributed by atoms with Crippen molar-refractivity contribution in [1.82, 2.24) is 20.4 Å². The molecule has 2 N–H and O–H groups in total. The van der Waals surface area contributed by atoms with Gasteiger partial charge in [0, 0.05) is 7.05 Å². The number of rotatable bonds is 0. The van der Waals surface area contributed by atoms with Crippen molar-refractivity contribution in [1.29, 1.82) is 0 Å². The number of nitrogens with zero attached hydrogens (tertiary/aromatic N) is 2. The van der Waals surface area contributed by atoms with E-state index < -0.39 is 0 Å². The Labute approximate surface area is 75.9 Å². The first-order valence-corrected chi connectivity index (χ1v) is 4.12. The van der Waals surface area contributed by atoms with Crippen molar-refractivity contribution in [2.75, 3.05) is 20.8 Å². The highest BCUT2D eigenvalue weighted by atomic mass is 16.2. The van der Waals surface area contributed by atoms with Crippen molar-refractivity contribution < 1.29 is 9.59 Å². The van der Waals surface area contributed by atoms with Crippen LogP contribution in [0.5, 0.6) is 0 Å². The largest absolute Gasteiger partial charge is 0.325 e. The first-order chi connectivity index (χ1) is 6.11. The van der Waals surface area contributed by atoms with Crippen molar-refractivity contribution in [2.45, 2.75) is 12.2 Å². The molecule has 0 bridgehead atoms. The van der Waals surface area contributed by atoms with Gasteiger partial charge in [-0.05, 0) is 7.05 Å². The van der Waals surface area contributed by atoms with E-state index in [1.54, 1.807) is 7.05 Å². The minimum Gasteiger partial charge on any atom is -0.310 e. The second-order valence-corrected chi connectivity index (χ2v) is 3.41. The lowest BCUT2D eigenvalue weighted by Crippen LogP contribution is -2.64. The first-order valence-electron chi connectivity index (χ1n) is 4.12. The average molecular weight is 184 g/mol. The van der Waals surface area contributed by atoms with Gasteiger partial charge in [-0.15, -0.1) is 0 Å². The molecule has 0 aliphatic carbocycles. The van der Waals surface area contributed by atoms with Crippen LogP contribution < -0.4 is 10.6 Å². The van der Waals surface area contributed by atoms with E-state index >= 15 is 0 Å². The maximum absolute atomic E-state index is 11.4. The number of nitrogens with one attached hydrogen (secondary N) is 2. The first kappa shape index (κ1) is 8.46. The summed E-state index contributed by atoms with van der Waals surface area (Å²) in [6.45, 7) is 0.625. The van der Waals surface area contributed by atoms with E-state index in [9.17, 15) is 9.59 Å². The summed E-state index contributed by atoms with van der Waals surface area (Å²) in [5.74, 6) is -0.222. The van der Waals surface area contributed by atoms with Gasteiger partial charge in [-0.1, -0.05) is 0 Å². The molecule has 72 valence electrons. The minimum absolute atomic E-state index is 0.189. The predicted octanol–water partition coefficient (Wildman–Crippen LogP) is -1.64. The van der Waals surface area contributed by atoms with Crippen LogP contribution in [0, 0.1) is 0 Å². The van der Waals surface area contributed by atoms with E-state index in [1.807, 2.05) is 11.9 Å². The van der Waals surface area contributed by atoms with Gasteiger partial charge in [-0.3, -0.25) is 20.3 Å². The van der Waals surface area contributed by atoms with Crippen LogP contribution in [0.1, 0.15) is 0 Å². The van der Waals surface area contributed by atoms with Crippen molar-refractivity contribution in [3.05, 3.63) is 0 Å². The maximum Gasteiger partial charge on any atom is 0.325 e. The quantitative estimate of drug-likeness (QED) is 0.473. The van der Waals surface area contributed by atoms with Crippen LogP contribution in [-0.2, 0) is 4.79 Å². The molecule has 2 fully saturated rings. The molecule has 2 aliphatic heterocycles. The van der Waals surface area contributed by atoms with Gasteiger partial charge in [-0.2, -0.15) is 0 Å². The third kappa shape index (κ3) is 1.10. The Bertz CT molecular complexity index is 267. The summed E-state index contributed by atoms with van der Waals surface area (Å²) in [5.41, 5.74) is 0. The standard InChI is InChI=1S/C7H12N4O2/c1-10-3-8-5-4(10)6(12)9-7(13)11(5)2/h4-5,8H,3H2,1-2H3,(H,9,12,13). The van der Waals surface area contributed by atoms with E-state index in [4.69, 9.17) is 0 Å². The molecular weight excluding hydrogens is 172 g/mol. The molecule has 13 heavy (non-hydrogen) atoms. The number of carbonyl (C=O) groups excluding carboxylic acids is 2. The average Bonchev–Trinajstić information content (AvgIpc) is 2.44. The number of fused-ring (bicyclic) bond motifs is 1. The summed E-state index contributed by atoms with van der Waals surface area (Å²) in [6.07, 6.45) is -0.189. The third-order valence-corrected chi connectivity index (χ3v) is 2.56. The molecular formula is C7H12N4O2. The normalized spacial score (nSPS) is 34.8. The summed E-state index contributed by atoms with van der Waals surface area (Å²) in [6, 6.07) is -0.600. The monoisotopic (exact) mass is 184 g/mol. The molecule has 2 unspecified atom stereocenters. The van der Waals surface area contributed by atoms with Gasteiger partial charge in [0.1, 0.15) is 12.2 Å². The molecule has 0 radical (unpaired) electrons. The number of hydrogen-bond acceptors (Lipinski definition) is 4. The Morgan fingerprint density at radius 2 is 2.08 bits per heavy atom. The molecule has 3 amide bonds. The van der Waals surface area contributed by atoms with E-state index in [2.05, 4.69) is 10.6 Å². The molecule has 2 heterocycles. The minimum atomic E-state index is -0.339. The number of urea groups is 1. The van der Waals surface area contributed by atoms with Crippen molar-refractivity contribution >= 4 is 11.9 Å². The van der Waals surface area contributed by atoms with Crippen LogP contribution in [0.2, 0.25) is 0 Å². The summed E-state index contributed by atoms with van der Waals surface area (Å²) in [4.78, 5) is 26.0. The van der Waals surface area contributed by atoms with Crippen LogP contribution in [0.15, 0.2) is 0 Å².